The van der Waals surface area contributed by atoms with Crippen molar-refractivity contribution in [1.82, 2.24) is 0 Å². The molecular formula is C18H16O5. The Morgan fingerprint density at radius 2 is 1.74 bits per heavy atom. The smallest absolute Gasteiger partial charge is 0.238 e. The van der Waals surface area contributed by atoms with E-state index < -0.39 is 5.43 Å². The van der Waals surface area contributed by atoms with Gasteiger partial charge in [0.2, 0.25) is 11.2 Å². The Kier molecular flexibility index (Phi) is 3.70. The largest absolute Gasteiger partial charge is 0.507 e. The molecule has 0 aliphatic heterocycles. The summed E-state index contributed by atoms with van der Waals surface area (Å²) in [6.45, 7) is 1.82. The SMILES string of the molecule is COc1ccc(-c2oc3cc(C)cc(O)c3c(=O)c2OC)cc1. The molecule has 0 radical (unpaired) electrons. The van der Waals surface area contributed by atoms with Gasteiger partial charge < -0.3 is 19.0 Å². The van der Waals surface area contributed by atoms with Crippen LogP contribution in [0.4, 0.5) is 0 Å². The van der Waals surface area contributed by atoms with Gasteiger partial charge >= 0.3 is 0 Å². The van der Waals surface area contributed by atoms with Crippen molar-refractivity contribution in [2.24, 2.45) is 0 Å². The van der Waals surface area contributed by atoms with Crippen molar-refractivity contribution in [2.75, 3.05) is 14.2 Å². The summed E-state index contributed by atoms with van der Waals surface area (Å²) >= 11 is 0. The lowest BCUT2D eigenvalue weighted by atomic mass is 10.1. The third-order valence-electron chi connectivity index (χ3n) is 3.63. The van der Waals surface area contributed by atoms with Crippen LogP contribution in [0.15, 0.2) is 45.6 Å². The molecule has 2 aromatic carbocycles. The lowest BCUT2D eigenvalue weighted by Gasteiger charge is -2.10. The van der Waals surface area contributed by atoms with E-state index in [2.05, 4.69) is 0 Å². The first-order valence-electron chi connectivity index (χ1n) is 7.04. The van der Waals surface area contributed by atoms with Crippen molar-refractivity contribution in [3.05, 3.63) is 52.2 Å². The predicted molar refractivity (Wildman–Crippen MR) is 87.4 cm³/mol. The monoisotopic (exact) mass is 312 g/mol. The molecule has 0 aliphatic carbocycles. The van der Waals surface area contributed by atoms with E-state index in [0.29, 0.717) is 22.7 Å². The molecule has 3 aromatic rings. The zero-order valence-electron chi connectivity index (χ0n) is 13.0. The number of methoxy groups -OCH3 is 2. The first-order valence-corrected chi connectivity index (χ1v) is 7.04. The highest BCUT2D eigenvalue weighted by Crippen LogP contribution is 2.34. The molecule has 0 saturated carbocycles. The van der Waals surface area contributed by atoms with Crippen LogP contribution in [0.5, 0.6) is 17.2 Å². The molecule has 1 N–H and O–H groups in total. The minimum atomic E-state index is -0.405. The maximum absolute atomic E-state index is 12.6. The van der Waals surface area contributed by atoms with Crippen LogP contribution in [0.25, 0.3) is 22.3 Å². The van der Waals surface area contributed by atoms with Crippen LogP contribution in [-0.4, -0.2) is 19.3 Å². The quantitative estimate of drug-likeness (QED) is 0.801. The highest BCUT2D eigenvalue weighted by Gasteiger charge is 2.19. The summed E-state index contributed by atoms with van der Waals surface area (Å²) in [6, 6.07) is 10.3. The average Bonchev–Trinajstić information content (AvgIpc) is 2.54. The van der Waals surface area contributed by atoms with Crippen LogP contribution in [-0.2, 0) is 0 Å². The summed E-state index contributed by atoms with van der Waals surface area (Å²) in [5.41, 5.74) is 1.39. The fraction of sp³-hybridized carbons (Fsp3) is 0.167. The van der Waals surface area contributed by atoms with Crippen LogP contribution in [0.1, 0.15) is 5.56 Å². The lowest BCUT2D eigenvalue weighted by molar-refractivity contribution is 0.397. The highest BCUT2D eigenvalue weighted by atomic mass is 16.5. The molecule has 0 spiro atoms. The second-order valence-corrected chi connectivity index (χ2v) is 5.18. The lowest BCUT2D eigenvalue weighted by Crippen LogP contribution is -2.08. The highest BCUT2D eigenvalue weighted by molar-refractivity contribution is 5.87. The van der Waals surface area contributed by atoms with Crippen molar-refractivity contribution in [1.29, 1.82) is 0 Å². The Morgan fingerprint density at radius 1 is 1.04 bits per heavy atom. The van der Waals surface area contributed by atoms with Crippen LogP contribution >= 0.6 is 0 Å². The van der Waals surface area contributed by atoms with E-state index in [0.717, 1.165) is 5.56 Å². The second kappa shape index (κ2) is 5.68. The second-order valence-electron chi connectivity index (χ2n) is 5.18. The third-order valence-corrected chi connectivity index (χ3v) is 3.63. The number of hydrogen-bond donors (Lipinski definition) is 1. The van der Waals surface area contributed by atoms with Crippen LogP contribution in [0.3, 0.4) is 0 Å². The molecule has 1 heterocycles. The van der Waals surface area contributed by atoms with Crippen LogP contribution < -0.4 is 14.9 Å². The Balaban J connectivity index is 2.33. The summed E-state index contributed by atoms with van der Waals surface area (Å²) < 4.78 is 16.2. The number of fused-ring (bicyclic) bond motifs is 1. The predicted octanol–water partition coefficient (Wildman–Crippen LogP) is 3.49. The van der Waals surface area contributed by atoms with E-state index in [1.165, 1.54) is 13.2 Å². The number of aromatic hydroxyl groups is 1. The van der Waals surface area contributed by atoms with Gasteiger partial charge in [-0.15, -0.1) is 0 Å². The molecule has 0 fully saturated rings. The van der Waals surface area contributed by atoms with Gasteiger partial charge in [0.1, 0.15) is 22.5 Å². The summed E-state index contributed by atoms with van der Waals surface area (Å²) in [5, 5.41) is 10.2. The maximum atomic E-state index is 12.6. The number of benzene rings is 2. The van der Waals surface area contributed by atoms with Crippen molar-refractivity contribution < 1.29 is 19.0 Å². The van der Waals surface area contributed by atoms with Gasteiger partial charge in [0, 0.05) is 5.56 Å². The summed E-state index contributed by atoms with van der Waals surface area (Å²) in [7, 11) is 2.98. The molecule has 0 amide bonds. The molecular weight excluding hydrogens is 296 g/mol. The van der Waals surface area contributed by atoms with Crippen molar-refractivity contribution in [3.8, 4) is 28.6 Å². The van der Waals surface area contributed by atoms with Crippen molar-refractivity contribution in [2.45, 2.75) is 6.92 Å². The van der Waals surface area contributed by atoms with E-state index in [1.807, 2.05) is 6.92 Å². The Hall–Kier alpha value is -2.95. The Bertz CT molecular complexity index is 923. The first kappa shape index (κ1) is 15.0. The molecule has 0 atom stereocenters. The molecule has 5 heteroatoms. The third kappa shape index (κ3) is 2.50. The number of phenols is 1. The van der Waals surface area contributed by atoms with Gasteiger partial charge in [-0.1, -0.05) is 0 Å². The van der Waals surface area contributed by atoms with Gasteiger partial charge in [-0.25, -0.2) is 0 Å². The molecule has 0 saturated heterocycles. The van der Waals surface area contributed by atoms with Gasteiger partial charge in [0.25, 0.3) is 0 Å². The van der Waals surface area contributed by atoms with E-state index in [9.17, 15) is 9.90 Å². The number of aryl methyl sites for hydroxylation is 1. The van der Waals surface area contributed by atoms with Crippen LogP contribution in [0.2, 0.25) is 0 Å². The standard InChI is InChI=1S/C18H16O5/c1-10-8-13(19)15-14(9-10)23-17(18(22-3)16(15)20)11-4-6-12(21-2)7-5-11/h4-9,19H,1-3H3. The van der Waals surface area contributed by atoms with Gasteiger partial charge in [-0.05, 0) is 48.9 Å². The van der Waals surface area contributed by atoms with E-state index in [4.69, 9.17) is 13.9 Å². The zero-order valence-corrected chi connectivity index (χ0v) is 13.0. The number of phenolic OH excluding ortho intramolecular Hbond substituents is 1. The van der Waals surface area contributed by atoms with Crippen molar-refractivity contribution >= 4 is 11.0 Å². The van der Waals surface area contributed by atoms with E-state index in [-0.39, 0.29) is 16.9 Å². The van der Waals surface area contributed by atoms with E-state index in [1.54, 1.807) is 37.4 Å². The fourth-order valence-electron chi connectivity index (χ4n) is 2.53. The van der Waals surface area contributed by atoms with Gasteiger partial charge in [0.05, 0.1) is 14.2 Å². The van der Waals surface area contributed by atoms with Crippen LogP contribution in [0, 0.1) is 6.92 Å². The zero-order chi connectivity index (χ0) is 16.6. The number of ether oxygens (including phenoxy) is 2. The molecule has 0 bridgehead atoms. The molecule has 0 aliphatic rings. The Morgan fingerprint density at radius 3 is 2.35 bits per heavy atom. The molecule has 0 unspecified atom stereocenters. The van der Waals surface area contributed by atoms with Crippen molar-refractivity contribution in [3.63, 3.8) is 0 Å². The topological polar surface area (TPSA) is 68.9 Å². The van der Waals surface area contributed by atoms with E-state index >= 15 is 0 Å². The Labute approximate surface area is 132 Å². The number of hydrogen-bond acceptors (Lipinski definition) is 5. The first-order chi connectivity index (χ1) is 11.0. The molecule has 1 aromatic heterocycles. The molecule has 23 heavy (non-hydrogen) atoms. The molecule has 118 valence electrons. The minimum absolute atomic E-state index is 0.0572. The average molecular weight is 312 g/mol. The summed E-state index contributed by atoms with van der Waals surface area (Å²) in [4.78, 5) is 12.6. The normalized spacial score (nSPS) is 10.7. The molecule has 3 rings (SSSR count). The summed E-state index contributed by atoms with van der Waals surface area (Å²) in [6.07, 6.45) is 0. The minimum Gasteiger partial charge on any atom is -0.507 e. The number of rotatable bonds is 3. The fourth-order valence-corrected chi connectivity index (χ4v) is 2.53. The maximum Gasteiger partial charge on any atom is 0.238 e. The van der Waals surface area contributed by atoms with Gasteiger partial charge in [0.15, 0.2) is 5.76 Å². The molecule has 5 nitrogen and oxygen atoms in total. The van der Waals surface area contributed by atoms with Gasteiger partial charge in [-0.2, -0.15) is 0 Å². The summed E-state index contributed by atoms with van der Waals surface area (Å²) in [5.74, 6) is 0.956. The van der Waals surface area contributed by atoms with Gasteiger partial charge in [-0.3, -0.25) is 4.79 Å².